The Hall–Kier alpha value is -1.29. The molecule has 2 bridgehead atoms. The number of nitrogens with one attached hydrogen (secondary N) is 1. The Kier molecular flexibility index (Phi) is 3.21. The Labute approximate surface area is 130 Å². The number of nitrogens with zero attached hydrogens (tertiary/aromatic N) is 1. The largest absolute Gasteiger partial charge is 0.380 e. The summed E-state index contributed by atoms with van der Waals surface area (Å²) < 4.78 is 0. The van der Waals surface area contributed by atoms with Crippen LogP contribution in [0.4, 0.5) is 11.4 Å². The molecule has 0 saturated heterocycles. The highest BCUT2D eigenvalue weighted by molar-refractivity contribution is 6.33. The third kappa shape index (κ3) is 2.20. The molecule has 1 N–H and O–H groups in total. The summed E-state index contributed by atoms with van der Waals surface area (Å²) in [7, 11) is 0. The quantitative estimate of drug-likeness (QED) is 0.640. The van der Waals surface area contributed by atoms with Crippen molar-refractivity contribution in [1.82, 2.24) is 0 Å². The monoisotopic (exact) mass is 308 g/mol. The van der Waals surface area contributed by atoms with E-state index in [1.807, 2.05) is 0 Å². The van der Waals surface area contributed by atoms with Crippen LogP contribution in [-0.4, -0.2) is 11.0 Å². The van der Waals surface area contributed by atoms with Crippen LogP contribution in [0.5, 0.6) is 0 Å². The molecule has 2 saturated carbocycles. The SMILES string of the molecule is CC12CCC(C1)C(C)(C)C2Nc1ccc([N+](=O)[O-])cc1Cl. The van der Waals surface area contributed by atoms with Crippen molar-refractivity contribution in [3.05, 3.63) is 33.3 Å². The summed E-state index contributed by atoms with van der Waals surface area (Å²) >= 11 is 6.23. The Morgan fingerprint density at radius 1 is 1.38 bits per heavy atom. The summed E-state index contributed by atoms with van der Waals surface area (Å²) in [6.45, 7) is 6.98. The lowest BCUT2D eigenvalue weighted by Gasteiger charge is -2.43. The van der Waals surface area contributed by atoms with Crippen molar-refractivity contribution >= 4 is 23.0 Å². The highest BCUT2D eigenvalue weighted by Crippen LogP contribution is 2.63. The van der Waals surface area contributed by atoms with E-state index in [0.29, 0.717) is 16.5 Å². The van der Waals surface area contributed by atoms with Crippen LogP contribution >= 0.6 is 11.6 Å². The average Bonchev–Trinajstić information content (AvgIpc) is 2.87. The van der Waals surface area contributed by atoms with Crippen LogP contribution in [-0.2, 0) is 0 Å². The molecule has 0 radical (unpaired) electrons. The molecule has 1 aromatic rings. The third-order valence-electron chi connectivity index (χ3n) is 5.73. The number of halogens is 1. The lowest BCUT2D eigenvalue weighted by atomic mass is 9.68. The van der Waals surface area contributed by atoms with Gasteiger partial charge in [-0.25, -0.2) is 0 Å². The topological polar surface area (TPSA) is 55.2 Å². The lowest BCUT2D eigenvalue weighted by Crippen LogP contribution is -2.45. The van der Waals surface area contributed by atoms with Gasteiger partial charge >= 0.3 is 0 Å². The molecule has 2 aliphatic carbocycles. The smallest absolute Gasteiger partial charge is 0.271 e. The molecule has 4 nitrogen and oxygen atoms in total. The number of hydrogen-bond acceptors (Lipinski definition) is 3. The first kappa shape index (κ1) is 14.6. The fraction of sp³-hybridized carbons (Fsp3) is 0.625. The first-order valence-corrected chi connectivity index (χ1v) is 7.82. The second-order valence-electron chi connectivity index (χ2n) is 7.41. The Bertz CT molecular complexity index is 597. The summed E-state index contributed by atoms with van der Waals surface area (Å²) in [5.41, 5.74) is 1.34. The Morgan fingerprint density at radius 3 is 2.62 bits per heavy atom. The molecule has 2 aliphatic rings. The van der Waals surface area contributed by atoms with Gasteiger partial charge in [0, 0.05) is 18.2 Å². The van der Waals surface area contributed by atoms with Gasteiger partial charge in [-0.15, -0.1) is 0 Å². The second kappa shape index (κ2) is 4.60. The third-order valence-corrected chi connectivity index (χ3v) is 6.05. The first-order valence-electron chi connectivity index (χ1n) is 7.44. The van der Waals surface area contributed by atoms with Gasteiger partial charge in [0.15, 0.2) is 0 Å². The lowest BCUT2D eigenvalue weighted by molar-refractivity contribution is -0.384. The molecule has 0 aromatic heterocycles. The summed E-state index contributed by atoms with van der Waals surface area (Å²) in [6, 6.07) is 5.01. The van der Waals surface area contributed by atoms with Crippen LogP contribution in [0.1, 0.15) is 40.0 Å². The summed E-state index contributed by atoms with van der Waals surface area (Å²) in [4.78, 5) is 10.4. The van der Waals surface area contributed by atoms with E-state index in [9.17, 15) is 10.1 Å². The van der Waals surface area contributed by atoms with E-state index in [-0.39, 0.29) is 11.1 Å². The van der Waals surface area contributed by atoms with E-state index in [1.54, 1.807) is 6.07 Å². The van der Waals surface area contributed by atoms with Crippen molar-refractivity contribution in [3.8, 4) is 0 Å². The first-order chi connectivity index (χ1) is 9.74. The molecule has 3 rings (SSSR count). The molecule has 5 heteroatoms. The summed E-state index contributed by atoms with van der Waals surface area (Å²) in [5.74, 6) is 0.747. The number of benzene rings is 1. The predicted molar refractivity (Wildman–Crippen MR) is 84.7 cm³/mol. The van der Waals surface area contributed by atoms with Crippen LogP contribution in [0.15, 0.2) is 18.2 Å². The van der Waals surface area contributed by atoms with Gasteiger partial charge in [-0.3, -0.25) is 10.1 Å². The number of nitro benzene ring substituents is 1. The van der Waals surface area contributed by atoms with E-state index in [4.69, 9.17) is 11.6 Å². The second-order valence-corrected chi connectivity index (χ2v) is 7.82. The number of nitro groups is 1. The maximum absolute atomic E-state index is 10.8. The molecule has 3 unspecified atom stereocenters. The van der Waals surface area contributed by atoms with Gasteiger partial charge in [0.2, 0.25) is 0 Å². The van der Waals surface area contributed by atoms with Crippen LogP contribution in [0, 0.1) is 26.9 Å². The molecule has 3 atom stereocenters. The summed E-state index contributed by atoms with van der Waals surface area (Å²) in [5, 5.41) is 14.8. The Morgan fingerprint density at radius 2 is 2.10 bits per heavy atom. The minimum absolute atomic E-state index is 0.0314. The molecule has 2 fully saturated rings. The molecular weight excluding hydrogens is 288 g/mol. The number of fused-ring (bicyclic) bond motifs is 2. The molecule has 0 spiro atoms. The highest BCUT2D eigenvalue weighted by atomic mass is 35.5. The van der Waals surface area contributed by atoms with E-state index in [1.165, 1.54) is 31.4 Å². The van der Waals surface area contributed by atoms with Gasteiger partial charge in [0.05, 0.1) is 15.6 Å². The minimum atomic E-state index is -0.418. The van der Waals surface area contributed by atoms with E-state index in [0.717, 1.165) is 11.6 Å². The van der Waals surface area contributed by atoms with Crippen LogP contribution < -0.4 is 5.32 Å². The van der Waals surface area contributed by atoms with Crippen molar-refractivity contribution in [2.75, 3.05) is 5.32 Å². The van der Waals surface area contributed by atoms with Crippen molar-refractivity contribution in [3.63, 3.8) is 0 Å². The zero-order valence-electron chi connectivity index (χ0n) is 12.6. The predicted octanol–water partition coefficient (Wildman–Crippen LogP) is 4.87. The molecule has 0 aliphatic heterocycles. The Balaban J connectivity index is 1.88. The molecule has 0 heterocycles. The molecule has 0 amide bonds. The number of hydrogen-bond donors (Lipinski definition) is 1. The molecule has 114 valence electrons. The van der Waals surface area contributed by atoms with Crippen LogP contribution in [0.25, 0.3) is 0 Å². The minimum Gasteiger partial charge on any atom is -0.380 e. The maximum Gasteiger partial charge on any atom is 0.271 e. The molecule has 1 aromatic carbocycles. The van der Waals surface area contributed by atoms with Gasteiger partial charge in [-0.1, -0.05) is 32.4 Å². The fourth-order valence-electron chi connectivity index (χ4n) is 4.55. The van der Waals surface area contributed by atoms with Crippen molar-refractivity contribution in [2.24, 2.45) is 16.7 Å². The number of rotatable bonds is 3. The number of non-ortho nitro benzene ring substituents is 1. The van der Waals surface area contributed by atoms with Crippen LogP contribution in [0.3, 0.4) is 0 Å². The number of anilines is 1. The molecular formula is C16H21ClN2O2. The molecule has 21 heavy (non-hydrogen) atoms. The van der Waals surface area contributed by atoms with E-state index in [2.05, 4.69) is 26.1 Å². The van der Waals surface area contributed by atoms with E-state index < -0.39 is 4.92 Å². The maximum atomic E-state index is 10.8. The van der Waals surface area contributed by atoms with Crippen LogP contribution in [0.2, 0.25) is 5.02 Å². The zero-order chi connectivity index (χ0) is 15.4. The normalized spacial score (nSPS) is 33.1. The fourth-order valence-corrected chi connectivity index (χ4v) is 4.78. The van der Waals surface area contributed by atoms with Crippen molar-refractivity contribution in [1.29, 1.82) is 0 Å². The van der Waals surface area contributed by atoms with E-state index >= 15 is 0 Å². The standard InChI is InChI=1S/C16H21ClN2O2/c1-15(2)10-6-7-16(3,9-10)14(15)18-13-5-4-11(19(20)21)8-12(13)17/h4-5,8,10,14,18H,6-7,9H2,1-3H3. The highest BCUT2D eigenvalue weighted by Gasteiger charge is 2.59. The zero-order valence-corrected chi connectivity index (χ0v) is 13.4. The van der Waals surface area contributed by atoms with Gasteiger partial charge in [-0.2, -0.15) is 0 Å². The van der Waals surface area contributed by atoms with Crippen molar-refractivity contribution < 1.29 is 4.92 Å². The average molecular weight is 309 g/mol. The van der Waals surface area contributed by atoms with Gasteiger partial charge < -0.3 is 5.32 Å². The van der Waals surface area contributed by atoms with Gasteiger partial charge in [-0.05, 0) is 42.1 Å². The van der Waals surface area contributed by atoms with Crippen molar-refractivity contribution in [2.45, 2.75) is 46.1 Å². The summed E-state index contributed by atoms with van der Waals surface area (Å²) in [6.07, 6.45) is 3.79. The van der Waals surface area contributed by atoms with Gasteiger partial charge in [0.25, 0.3) is 5.69 Å². The van der Waals surface area contributed by atoms with Gasteiger partial charge in [0.1, 0.15) is 0 Å².